The average Bonchev–Trinajstić information content (AvgIpc) is 2.41. The minimum absolute atomic E-state index is 0.167. The Bertz CT molecular complexity index is 453. The van der Waals surface area contributed by atoms with Gasteiger partial charge in [-0.05, 0) is 37.8 Å². The highest BCUT2D eigenvalue weighted by Crippen LogP contribution is 2.30. The summed E-state index contributed by atoms with van der Waals surface area (Å²) in [6.07, 6.45) is 6.40. The predicted octanol–water partition coefficient (Wildman–Crippen LogP) is 3.35. The second-order valence-electron chi connectivity index (χ2n) is 5.40. The van der Waals surface area contributed by atoms with Crippen LogP contribution in [-0.2, 0) is 0 Å². The second kappa shape index (κ2) is 5.95. The van der Waals surface area contributed by atoms with Crippen molar-refractivity contribution in [3.05, 3.63) is 23.8 Å². The van der Waals surface area contributed by atoms with Crippen LogP contribution in [0.1, 0.15) is 49.4 Å². The Kier molecular flexibility index (Phi) is 4.30. The van der Waals surface area contributed by atoms with E-state index in [1.165, 1.54) is 38.2 Å². The van der Waals surface area contributed by atoms with E-state index in [0.717, 1.165) is 5.69 Å². The van der Waals surface area contributed by atoms with E-state index >= 15 is 0 Å². The van der Waals surface area contributed by atoms with E-state index in [1.807, 2.05) is 6.07 Å². The summed E-state index contributed by atoms with van der Waals surface area (Å²) in [6.45, 7) is 2.16. The summed E-state index contributed by atoms with van der Waals surface area (Å²) in [5.41, 5.74) is 7.15. The van der Waals surface area contributed by atoms with Crippen molar-refractivity contribution >= 4 is 17.3 Å². The maximum atomic E-state index is 11.1. The van der Waals surface area contributed by atoms with Gasteiger partial charge in [0.15, 0.2) is 0 Å². The third-order valence-corrected chi connectivity index (χ3v) is 4.08. The van der Waals surface area contributed by atoms with Crippen LogP contribution in [0.15, 0.2) is 18.2 Å². The lowest BCUT2D eigenvalue weighted by Gasteiger charge is -2.29. The molecule has 0 saturated heterocycles. The summed E-state index contributed by atoms with van der Waals surface area (Å²) in [5, 5.41) is 12.5. The normalized spacial score (nSPS) is 17.9. The summed E-state index contributed by atoms with van der Waals surface area (Å²) >= 11 is 0. The van der Waals surface area contributed by atoms with Crippen LogP contribution in [0.4, 0.5) is 11.4 Å². The number of anilines is 2. The van der Waals surface area contributed by atoms with E-state index in [-0.39, 0.29) is 5.56 Å². The summed E-state index contributed by atoms with van der Waals surface area (Å²) < 4.78 is 0. The number of rotatable bonds is 4. The Hall–Kier alpha value is -1.71. The lowest BCUT2D eigenvalue weighted by molar-refractivity contribution is 0.0698. The molecule has 2 rings (SSSR count). The summed E-state index contributed by atoms with van der Waals surface area (Å²) in [5.74, 6) is -0.326. The molecule has 0 amide bonds. The monoisotopic (exact) mass is 262 g/mol. The number of para-hydroxylation sites is 1. The Labute approximate surface area is 114 Å². The van der Waals surface area contributed by atoms with Crippen LogP contribution < -0.4 is 11.1 Å². The second-order valence-corrected chi connectivity index (χ2v) is 5.40. The standard InChI is InChI=1S/C15H22N2O2/c1-10(11-6-3-2-4-7-11)17-13-9-5-8-12(14(13)16)15(18)19/h5,8-11,17H,2-4,6-7,16H2,1H3,(H,18,19). The van der Waals surface area contributed by atoms with Crippen molar-refractivity contribution in [3.8, 4) is 0 Å². The molecule has 1 fully saturated rings. The van der Waals surface area contributed by atoms with Gasteiger partial charge in [0.05, 0.1) is 16.9 Å². The smallest absolute Gasteiger partial charge is 0.337 e. The molecule has 0 bridgehead atoms. The van der Waals surface area contributed by atoms with Crippen molar-refractivity contribution in [2.75, 3.05) is 11.1 Å². The molecule has 0 heterocycles. The van der Waals surface area contributed by atoms with Gasteiger partial charge < -0.3 is 16.2 Å². The number of aromatic carboxylic acids is 1. The number of nitrogens with one attached hydrogen (secondary N) is 1. The van der Waals surface area contributed by atoms with E-state index in [0.29, 0.717) is 17.6 Å². The SMILES string of the molecule is CC(Nc1cccc(C(=O)O)c1N)C1CCCCC1. The number of hydrogen-bond donors (Lipinski definition) is 3. The topological polar surface area (TPSA) is 75.3 Å². The van der Waals surface area contributed by atoms with E-state index in [1.54, 1.807) is 6.07 Å². The molecule has 1 saturated carbocycles. The molecule has 19 heavy (non-hydrogen) atoms. The molecule has 1 aliphatic carbocycles. The quantitative estimate of drug-likeness (QED) is 0.727. The van der Waals surface area contributed by atoms with Gasteiger partial charge in [-0.1, -0.05) is 25.3 Å². The highest BCUT2D eigenvalue weighted by Gasteiger charge is 2.21. The first-order chi connectivity index (χ1) is 9.09. The molecule has 4 heteroatoms. The zero-order valence-electron chi connectivity index (χ0n) is 11.4. The third-order valence-electron chi connectivity index (χ3n) is 4.08. The Morgan fingerprint density at radius 1 is 1.37 bits per heavy atom. The fourth-order valence-electron chi connectivity index (χ4n) is 2.87. The van der Waals surface area contributed by atoms with Gasteiger partial charge in [-0.15, -0.1) is 0 Å². The molecule has 0 radical (unpaired) electrons. The van der Waals surface area contributed by atoms with Crippen molar-refractivity contribution in [1.29, 1.82) is 0 Å². The first kappa shape index (κ1) is 13.7. The molecule has 1 aromatic rings. The minimum atomic E-state index is -0.980. The van der Waals surface area contributed by atoms with Crippen LogP contribution in [0.25, 0.3) is 0 Å². The fourth-order valence-corrected chi connectivity index (χ4v) is 2.87. The van der Waals surface area contributed by atoms with Crippen molar-refractivity contribution in [1.82, 2.24) is 0 Å². The highest BCUT2D eigenvalue weighted by atomic mass is 16.4. The molecule has 0 aliphatic heterocycles. The third kappa shape index (κ3) is 3.19. The van der Waals surface area contributed by atoms with Crippen LogP contribution in [0.5, 0.6) is 0 Å². The fraction of sp³-hybridized carbons (Fsp3) is 0.533. The number of nitrogens with two attached hydrogens (primary N) is 1. The van der Waals surface area contributed by atoms with Gasteiger partial charge in [0.25, 0.3) is 0 Å². The largest absolute Gasteiger partial charge is 0.478 e. The Morgan fingerprint density at radius 2 is 2.05 bits per heavy atom. The van der Waals surface area contributed by atoms with Gasteiger partial charge in [0.1, 0.15) is 0 Å². The summed E-state index contributed by atoms with van der Waals surface area (Å²) in [4.78, 5) is 11.1. The van der Waals surface area contributed by atoms with Crippen LogP contribution in [0.2, 0.25) is 0 Å². The molecular weight excluding hydrogens is 240 g/mol. The zero-order valence-corrected chi connectivity index (χ0v) is 11.4. The first-order valence-electron chi connectivity index (χ1n) is 6.98. The van der Waals surface area contributed by atoms with Crippen LogP contribution in [-0.4, -0.2) is 17.1 Å². The molecule has 1 aliphatic rings. The molecule has 4 N–H and O–H groups in total. The van der Waals surface area contributed by atoms with Gasteiger partial charge in [0.2, 0.25) is 0 Å². The van der Waals surface area contributed by atoms with Gasteiger partial charge in [-0.25, -0.2) is 4.79 Å². The molecule has 1 aromatic carbocycles. The molecule has 4 nitrogen and oxygen atoms in total. The average molecular weight is 262 g/mol. The molecule has 1 atom stereocenters. The van der Waals surface area contributed by atoms with E-state index in [9.17, 15) is 4.79 Å². The van der Waals surface area contributed by atoms with E-state index < -0.39 is 5.97 Å². The Morgan fingerprint density at radius 3 is 2.68 bits per heavy atom. The van der Waals surface area contributed by atoms with Crippen molar-refractivity contribution in [3.63, 3.8) is 0 Å². The van der Waals surface area contributed by atoms with Crippen molar-refractivity contribution in [2.45, 2.75) is 45.1 Å². The lowest BCUT2D eigenvalue weighted by Crippen LogP contribution is -2.28. The van der Waals surface area contributed by atoms with E-state index in [4.69, 9.17) is 10.8 Å². The molecule has 0 spiro atoms. The van der Waals surface area contributed by atoms with Gasteiger partial charge in [-0.3, -0.25) is 0 Å². The Balaban J connectivity index is 2.10. The summed E-state index contributed by atoms with van der Waals surface area (Å²) in [7, 11) is 0. The summed E-state index contributed by atoms with van der Waals surface area (Å²) in [6, 6.07) is 5.44. The number of benzene rings is 1. The van der Waals surface area contributed by atoms with Crippen molar-refractivity contribution in [2.24, 2.45) is 5.92 Å². The van der Waals surface area contributed by atoms with Crippen LogP contribution in [0.3, 0.4) is 0 Å². The number of carbonyl (C=O) groups is 1. The molecule has 1 unspecified atom stereocenters. The van der Waals surface area contributed by atoms with E-state index in [2.05, 4.69) is 12.2 Å². The molecular formula is C15H22N2O2. The number of carboxylic acids is 1. The van der Waals surface area contributed by atoms with Crippen molar-refractivity contribution < 1.29 is 9.90 Å². The number of carboxylic acid groups (broad SMARTS) is 1. The van der Waals surface area contributed by atoms with Crippen LogP contribution in [0, 0.1) is 5.92 Å². The molecule has 0 aromatic heterocycles. The number of nitrogen functional groups attached to an aromatic ring is 1. The van der Waals surface area contributed by atoms with Gasteiger partial charge in [-0.2, -0.15) is 0 Å². The van der Waals surface area contributed by atoms with Gasteiger partial charge in [0, 0.05) is 6.04 Å². The highest BCUT2D eigenvalue weighted by molar-refractivity contribution is 5.97. The predicted molar refractivity (Wildman–Crippen MR) is 77.5 cm³/mol. The number of hydrogen-bond acceptors (Lipinski definition) is 3. The maximum absolute atomic E-state index is 11.1. The first-order valence-corrected chi connectivity index (χ1v) is 6.98. The molecule has 104 valence electrons. The zero-order chi connectivity index (χ0) is 13.8. The lowest BCUT2D eigenvalue weighted by atomic mass is 9.84. The van der Waals surface area contributed by atoms with Gasteiger partial charge >= 0.3 is 5.97 Å². The minimum Gasteiger partial charge on any atom is -0.478 e. The maximum Gasteiger partial charge on any atom is 0.337 e. The van der Waals surface area contributed by atoms with Crippen LogP contribution >= 0.6 is 0 Å².